The quantitative estimate of drug-likeness (QED) is 0.596. The summed E-state index contributed by atoms with van der Waals surface area (Å²) in [5.41, 5.74) is 0. The van der Waals surface area contributed by atoms with Gasteiger partial charge in [0.2, 0.25) is 0 Å². The second-order valence-corrected chi connectivity index (χ2v) is 3.11. The van der Waals surface area contributed by atoms with E-state index in [1.54, 1.807) is 0 Å². The van der Waals surface area contributed by atoms with Crippen LogP contribution in [0.25, 0.3) is 0 Å². The number of hydrogen-bond donors (Lipinski definition) is 2. The van der Waals surface area contributed by atoms with Crippen molar-refractivity contribution in [1.82, 2.24) is 5.32 Å². The van der Waals surface area contributed by atoms with Gasteiger partial charge in [0.15, 0.2) is 0 Å². The molecule has 5 nitrogen and oxygen atoms in total. The first-order chi connectivity index (χ1) is 6.13. The maximum atomic E-state index is 11.0. The molecule has 13 heavy (non-hydrogen) atoms. The van der Waals surface area contributed by atoms with Gasteiger partial charge in [0.1, 0.15) is 6.04 Å². The molecule has 5 heteroatoms. The van der Waals surface area contributed by atoms with Crippen molar-refractivity contribution in [1.29, 1.82) is 0 Å². The van der Waals surface area contributed by atoms with Crippen LogP contribution in [0.15, 0.2) is 0 Å². The maximum absolute atomic E-state index is 11.0. The van der Waals surface area contributed by atoms with Crippen molar-refractivity contribution >= 4 is 11.9 Å². The van der Waals surface area contributed by atoms with Crippen LogP contribution in [0.1, 0.15) is 19.3 Å². The van der Waals surface area contributed by atoms with Crippen molar-refractivity contribution in [2.45, 2.75) is 31.3 Å². The summed E-state index contributed by atoms with van der Waals surface area (Å²) in [5.74, 6) is -1.16. The number of carboxylic acid groups (broad SMARTS) is 1. The summed E-state index contributed by atoms with van der Waals surface area (Å²) >= 11 is 0. The van der Waals surface area contributed by atoms with E-state index in [0.29, 0.717) is 12.8 Å². The fourth-order valence-corrected chi connectivity index (χ4v) is 1.52. The lowest BCUT2D eigenvalue weighted by molar-refractivity contribution is -0.143. The first kappa shape index (κ1) is 9.98. The Balaban J connectivity index is 2.36. The number of methoxy groups -OCH3 is 1. The molecular weight excluding hydrogens is 174 g/mol. The van der Waals surface area contributed by atoms with Crippen LogP contribution in [0.3, 0.4) is 0 Å². The molecule has 0 aliphatic carbocycles. The summed E-state index contributed by atoms with van der Waals surface area (Å²) in [7, 11) is 1.33. The van der Waals surface area contributed by atoms with Gasteiger partial charge in [0.25, 0.3) is 0 Å². The highest BCUT2D eigenvalue weighted by Crippen LogP contribution is 2.15. The molecule has 1 aliphatic heterocycles. The lowest BCUT2D eigenvalue weighted by Crippen LogP contribution is -2.37. The zero-order valence-corrected chi connectivity index (χ0v) is 7.45. The Morgan fingerprint density at radius 3 is 2.77 bits per heavy atom. The topological polar surface area (TPSA) is 75.6 Å². The Morgan fingerprint density at radius 2 is 2.23 bits per heavy atom. The van der Waals surface area contributed by atoms with Gasteiger partial charge in [-0.3, -0.25) is 9.59 Å². The van der Waals surface area contributed by atoms with Crippen molar-refractivity contribution in [2.24, 2.45) is 0 Å². The number of esters is 1. The minimum Gasteiger partial charge on any atom is -0.481 e. The molecule has 0 amide bonds. The summed E-state index contributed by atoms with van der Waals surface area (Å²) in [4.78, 5) is 21.4. The predicted octanol–water partition coefficient (Wildman–Crippen LogP) is -0.245. The number of rotatable bonds is 3. The van der Waals surface area contributed by atoms with Gasteiger partial charge in [-0.15, -0.1) is 0 Å². The third-order valence-corrected chi connectivity index (χ3v) is 2.15. The first-order valence-electron chi connectivity index (χ1n) is 4.19. The number of carbonyl (C=O) groups is 2. The maximum Gasteiger partial charge on any atom is 0.322 e. The lowest BCUT2D eigenvalue weighted by Gasteiger charge is -2.10. The van der Waals surface area contributed by atoms with Gasteiger partial charge in [-0.1, -0.05) is 0 Å². The van der Waals surface area contributed by atoms with Gasteiger partial charge < -0.3 is 15.2 Å². The van der Waals surface area contributed by atoms with Crippen LogP contribution in [0.2, 0.25) is 0 Å². The van der Waals surface area contributed by atoms with E-state index in [0.717, 1.165) is 0 Å². The molecule has 1 rings (SSSR count). The van der Waals surface area contributed by atoms with Crippen LogP contribution in [-0.2, 0) is 14.3 Å². The van der Waals surface area contributed by atoms with Crippen LogP contribution in [-0.4, -0.2) is 36.2 Å². The zero-order chi connectivity index (χ0) is 9.84. The summed E-state index contributed by atoms with van der Waals surface area (Å²) in [5, 5.41) is 11.4. The molecule has 0 aromatic heterocycles. The van der Waals surface area contributed by atoms with E-state index in [2.05, 4.69) is 10.1 Å². The highest BCUT2D eigenvalue weighted by molar-refractivity contribution is 5.76. The molecule has 1 heterocycles. The highest BCUT2D eigenvalue weighted by atomic mass is 16.5. The minimum absolute atomic E-state index is 0.0630. The number of hydrogen-bond acceptors (Lipinski definition) is 4. The molecule has 1 aliphatic rings. The molecule has 0 spiro atoms. The zero-order valence-electron chi connectivity index (χ0n) is 7.45. The molecule has 0 bridgehead atoms. The normalized spacial score (nSPS) is 27.2. The predicted molar refractivity (Wildman–Crippen MR) is 44.2 cm³/mol. The van der Waals surface area contributed by atoms with Crippen LogP contribution in [0, 0.1) is 0 Å². The van der Waals surface area contributed by atoms with Crippen molar-refractivity contribution in [2.75, 3.05) is 7.11 Å². The van der Waals surface area contributed by atoms with Crippen LogP contribution in [0.5, 0.6) is 0 Å². The number of nitrogens with one attached hydrogen (secondary N) is 1. The number of ether oxygens (including phenoxy) is 1. The minimum atomic E-state index is -0.844. The Labute approximate surface area is 76.1 Å². The monoisotopic (exact) mass is 187 g/mol. The second kappa shape index (κ2) is 4.23. The largest absolute Gasteiger partial charge is 0.481 e. The molecule has 0 aromatic carbocycles. The Bertz CT molecular complexity index is 216. The van der Waals surface area contributed by atoms with E-state index in [1.165, 1.54) is 7.11 Å². The van der Waals surface area contributed by atoms with E-state index < -0.39 is 5.97 Å². The molecular formula is C8H13NO4. The van der Waals surface area contributed by atoms with Gasteiger partial charge >= 0.3 is 11.9 Å². The number of carbonyl (C=O) groups excluding carboxylic acids is 1. The summed E-state index contributed by atoms with van der Waals surface area (Å²) in [6.07, 6.45) is 1.43. The average Bonchev–Trinajstić information content (AvgIpc) is 2.50. The average molecular weight is 187 g/mol. The van der Waals surface area contributed by atoms with Crippen LogP contribution >= 0.6 is 0 Å². The van der Waals surface area contributed by atoms with Gasteiger partial charge in [-0.25, -0.2) is 0 Å². The Morgan fingerprint density at radius 1 is 1.54 bits per heavy atom. The van der Waals surface area contributed by atoms with Gasteiger partial charge in [-0.2, -0.15) is 0 Å². The third-order valence-electron chi connectivity index (χ3n) is 2.15. The summed E-state index contributed by atoms with van der Waals surface area (Å²) in [6, 6.07) is -0.420. The SMILES string of the molecule is COC(=O)[C@@H]1CC[C@@H](CC(=O)O)N1. The van der Waals surface area contributed by atoms with Gasteiger partial charge in [-0.05, 0) is 12.8 Å². The fourth-order valence-electron chi connectivity index (χ4n) is 1.52. The van der Waals surface area contributed by atoms with Crippen molar-refractivity contribution in [3.63, 3.8) is 0 Å². The molecule has 0 radical (unpaired) electrons. The molecule has 0 unspecified atom stereocenters. The molecule has 1 saturated heterocycles. The fraction of sp³-hybridized carbons (Fsp3) is 0.750. The summed E-state index contributed by atoms with van der Waals surface area (Å²) in [6.45, 7) is 0. The van der Waals surface area contributed by atoms with Crippen molar-refractivity contribution in [3.05, 3.63) is 0 Å². The molecule has 2 atom stereocenters. The molecule has 74 valence electrons. The van der Waals surface area contributed by atoms with E-state index in [-0.39, 0.29) is 24.5 Å². The molecule has 0 saturated carbocycles. The highest BCUT2D eigenvalue weighted by Gasteiger charge is 2.30. The standard InChI is InChI=1S/C8H13NO4/c1-13-8(12)6-3-2-5(9-6)4-7(10)11/h5-6,9H,2-4H2,1H3,(H,10,11)/t5-,6-/m0/s1. The second-order valence-electron chi connectivity index (χ2n) is 3.11. The summed E-state index contributed by atoms with van der Waals surface area (Å²) < 4.78 is 4.54. The van der Waals surface area contributed by atoms with Gasteiger partial charge in [0, 0.05) is 6.04 Å². The lowest BCUT2D eigenvalue weighted by atomic mass is 10.1. The molecule has 2 N–H and O–H groups in total. The van der Waals surface area contributed by atoms with Crippen LogP contribution in [0.4, 0.5) is 0 Å². The van der Waals surface area contributed by atoms with Gasteiger partial charge in [0.05, 0.1) is 13.5 Å². The van der Waals surface area contributed by atoms with E-state index in [9.17, 15) is 9.59 Å². The Kier molecular flexibility index (Phi) is 3.25. The van der Waals surface area contributed by atoms with Crippen molar-refractivity contribution < 1.29 is 19.4 Å². The number of carboxylic acids is 1. The number of aliphatic carboxylic acids is 1. The first-order valence-corrected chi connectivity index (χ1v) is 4.19. The van der Waals surface area contributed by atoms with Crippen LogP contribution < -0.4 is 5.32 Å². The smallest absolute Gasteiger partial charge is 0.322 e. The molecule has 1 fully saturated rings. The van der Waals surface area contributed by atoms with E-state index in [1.807, 2.05) is 0 Å². The van der Waals surface area contributed by atoms with E-state index in [4.69, 9.17) is 5.11 Å². The van der Waals surface area contributed by atoms with Crippen molar-refractivity contribution in [3.8, 4) is 0 Å². The molecule has 0 aromatic rings. The van der Waals surface area contributed by atoms with E-state index >= 15 is 0 Å². The Hall–Kier alpha value is -1.10. The third kappa shape index (κ3) is 2.69.